The number of hydrogen-bond donors (Lipinski definition) is 1. The number of amides is 2. The second-order valence-electron chi connectivity index (χ2n) is 6.89. The van der Waals surface area contributed by atoms with Crippen LogP contribution in [0, 0.1) is 0 Å². The van der Waals surface area contributed by atoms with Crippen LogP contribution in [0.2, 0.25) is 0 Å². The summed E-state index contributed by atoms with van der Waals surface area (Å²) in [5.41, 5.74) is 0. The van der Waals surface area contributed by atoms with E-state index >= 15 is 0 Å². The Morgan fingerprint density at radius 2 is 2.16 bits per heavy atom. The first-order chi connectivity index (χ1) is 11.8. The van der Waals surface area contributed by atoms with Gasteiger partial charge in [-0.05, 0) is 25.8 Å². The third kappa shape index (κ3) is 4.45. The molecule has 2 amide bonds. The molecule has 2 aliphatic heterocycles. The van der Waals surface area contributed by atoms with Gasteiger partial charge in [-0.3, -0.25) is 4.90 Å². The molecule has 2 atom stereocenters. The van der Waals surface area contributed by atoms with Crippen molar-refractivity contribution in [2.45, 2.75) is 57.0 Å². The van der Waals surface area contributed by atoms with E-state index in [1.807, 2.05) is 0 Å². The van der Waals surface area contributed by atoms with Crippen LogP contribution in [-0.4, -0.2) is 63.8 Å². The van der Waals surface area contributed by atoms with Crippen molar-refractivity contribution in [3.8, 4) is 0 Å². The number of carbonyl (C=O) groups excluding carboxylic acids is 1. The number of nitrogens with zero attached hydrogens (tertiary/aromatic N) is 4. The Hall–Kier alpha value is -1.77. The van der Waals surface area contributed by atoms with Gasteiger partial charge in [0.05, 0.1) is 6.54 Å². The molecule has 2 aliphatic rings. The number of carbonyl (C=O) groups is 1. The highest BCUT2D eigenvalue weighted by Crippen LogP contribution is 2.27. The maximum atomic E-state index is 12.6. The highest BCUT2D eigenvalue weighted by molar-refractivity contribution is 5.74. The lowest BCUT2D eigenvalue weighted by molar-refractivity contribution is -0.141. The monoisotopic (exact) mass is 359 g/mol. The van der Waals surface area contributed by atoms with E-state index in [4.69, 9.17) is 0 Å². The number of hydrogen-bond acceptors (Lipinski definition) is 3. The van der Waals surface area contributed by atoms with Crippen LogP contribution in [0.5, 0.6) is 0 Å². The van der Waals surface area contributed by atoms with Crippen LogP contribution in [0.1, 0.15) is 31.5 Å². The second kappa shape index (κ2) is 7.23. The van der Waals surface area contributed by atoms with Gasteiger partial charge < -0.3 is 14.8 Å². The first-order valence-electron chi connectivity index (χ1n) is 8.66. The minimum atomic E-state index is -4.31. The molecule has 2 unspecified atom stereocenters. The average Bonchev–Trinajstić information content (AvgIpc) is 3.13. The molecular formula is C16H24F3N5O. The number of piperidine rings is 1. The first-order valence-corrected chi connectivity index (χ1v) is 8.66. The van der Waals surface area contributed by atoms with Crippen LogP contribution >= 0.6 is 0 Å². The Labute approximate surface area is 145 Å². The SMILES string of the molecule is CN(Cc1nccn1CC(F)(F)F)C(=O)NC1CCN2CCCCC12. The van der Waals surface area contributed by atoms with Crippen LogP contribution < -0.4 is 5.32 Å². The van der Waals surface area contributed by atoms with Gasteiger partial charge in [0, 0.05) is 38.1 Å². The highest BCUT2D eigenvalue weighted by Gasteiger charge is 2.36. The molecule has 0 bridgehead atoms. The first kappa shape index (κ1) is 18.0. The quantitative estimate of drug-likeness (QED) is 0.897. The van der Waals surface area contributed by atoms with Gasteiger partial charge in [0.2, 0.25) is 0 Å². The Balaban J connectivity index is 1.56. The van der Waals surface area contributed by atoms with Gasteiger partial charge in [-0.1, -0.05) is 6.42 Å². The zero-order chi connectivity index (χ0) is 18.0. The average molecular weight is 359 g/mol. The Morgan fingerprint density at radius 3 is 2.92 bits per heavy atom. The lowest BCUT2D eigenvalue weighted by atomic mass is 9.99. The molecule has 25 heavy (non-hydrogen) atoms. The van der Waals surface area contributed by atoms with Crippen molar-refractivity contribution in [1.82, 2.24) is 24.7 Å². The molecule has 1 aromatic rings. The van der Waals surface area contributed by atoms with Crippen molar-refractivity contribution in [1.29, 1.82) is 0 Å². The lowest BCUT2D eigenvalue weighted by Gasteiger charge is -2.33. The number of fused-ring (bicyclic) bond motifs is 1. The maximum absolute atomic E-state index is 12.6. The molecule has 140 valence electrons. The summed E-state index contributed by atoms with van der Waals surface area (Å²) in [6, 6.07) is 0.238. The summed E-state index contributed by atoms with van der Waals surface area (Å²) in [6.07, 6.45) is 2.69. The molecule has 0 aromatic carbocycles. The highest BCUT2D eigenvalue weighted by atomic mass is 19.4. The standard InChI is InChI=1S/C16H24F3N5O/c1-22(10-14-20-6-9-24(14)11-16(17,18)19)15(25)21-12-5-8-23-7-3-2-4-13(12)23/h6,9,12-13H,2-5,7-8,10-11H2,1H3,(H,21,25). The normalized spacial score (nSPS) is 24.2. The topological polar surface area (TPSA) is 53.4 Å². The van der Waals surface area contributed by atoms with Gasteiger partial charge in [-0.25, -0.2) is 9.78 Å². The molecule has 0 aliphatic carbocycles. The second-order valence-corrected chi connectivity index (χ2v) is 6.89. The zero-order valence-electron chi connectivity index (χ0n) is 14.3. The summed E-state index contributed by atoms with van der Waals surface area (Å²) in [5.74, 6) is 0.223. The van der Waals surface area contributed by atoms with Crippen molar-refractivity contribution in [3.05, 3.63) is 18.2 Å². The van der Waals surface area contributed by atoms with Gasteiger partial charge in [0.15, 0.2) is 0 Å². The van der Waals surface area contributed by atoms with E-state index in [2.05, 4.69) is 15.2 Å². The molecule has 0 saturated carbocycles. The summed E-state index contributed by atoms with van der Waals surface area (Å²) in [6.45, 7) is 1.02. The minimum Gasteiger partial charge on any atom is -0.334 e. The van der Waals surface area contributed by atoms with Crippen molar-refractivity contribution in [2.24, 2.45) is 0 Å². The summed E-state index contributed by atoms with van der Waals surface area (Å²) in [7, 11) is 1.58. The van der Waals surface area contributed by atoms with Crippen LogP contribution in [0.15, 0.2) is 12.4 Å². The number of halogens is 3. The van der Waals surface area contributed by atoms with E-state index in [1.165, 1.54) is 30.1 Å². The number of nitrogens with one attached hydrogen (secondary N) is 1. The minimum absolute atomic E-state index is 0.0377. The largest absolute Gasteiger partial charge is 0.406 e. The van der Waals surface area contributed by atoms with Crippen molar-refractivity contribution < 1.29 is 18.0 Å². The Morgan fingerprint density at radius 1 is 1.36 bits per heavy atom. The van der Waals surface area contributed by atoms with Crippen LogP contribution in [-0.2, 0) is 13.1 Å². The molecular weight excluding hydrogens is 335 g/mol. The van der Waals surface area contributed by atoms with Gasteiger partial charge >= 0.3 is 12.2 Å². The Kier molecular flexibility index (Phi) is 5.21. The Bertz CT molecular complexity index is 603. The molecule has 0 spiro atoms. The summed E-state index contributed by atoms with van der Waals surface area (Å²) < 4.78 is 38.8. The molecule has 2 saturated heterocycles. The fourth-order valence-electron chi connectivity index (χ4n) is 3.80. The van der Waals surface area contributed by atoms with E-state index in [1.54, 1.807) is 7.05 Å². The van der Waals surface area contributed by atoms with Gasteiger partial charge in [-0.15, -0.1) is 0 Å². The molecule has 1 N–H and O–H groups in total. The summed E-state index contributed by atoms with van der Waals surface area (Å²) in [4.78, 5) is 20.2. The smallest absolute Gasteiger partial charge is 0.334 e. The number of urea groups is 1. The van der Waals surface area contributed by atoms with Gasteiger partial charge in [0.25, 0.3) is 0 Å². The molecule has 0 radical (unpaired) electrons. The number of alkyl halides is 3. The van der Waals surface area contributed by atoms with E-state index in [9.17, 15) is 18.0 Å². The van der Waals surface area contributed by atoms with Crippen molar-refractivity contribution >= 4 is 6.03 Å². The fourth-order valence-corrected chi connectivity index (χ4v) is 3.80. The summed E-state index contributed by atoms with van der Waals surface area (Å²) >= 11 is 0. The van der Waals surface area contributed by atoms with E-state index in [0.717, 1.165) is 30.5 Å². The lowest BCUT2D eigenvalue weighted by Crippen LogP contribution is -2.50. The molecule has 6 nitrogen and oxygen atoms in total. The maximum Gasteiger partial charge on any atom is 0.406 e. The molecule has 3 heterocycles. The zero-order valence-corrected chi connectivity index (χ0v) is 14.3. The van der Waals surface area contributed by atoms with Crippen LogP contribution in [0.25, 0.3) is 0 Å². The number of aromatic nitrogens is 2. The fraction of sp³-hybridized carbons (Fsp3) is 0.750. The van der Waals surface area contributed by atoms with Gasteiger partial charge in [0.1, 0.15) is 12.4 Å². The van der Waals surface area contributed by atoms with Gasteiger partial charge in [-0.2, -0.15) is 13.2 Å². The molecule has 9 heteroatoms. The predicted molar refractivity (Wildman–Crippen MR) is 85.9 cm³/mol. The van der Waals surface area contributed by atoms with Crippen molar-refractivity contribution in [2.75, 3.05) is 20.1 Å². The molecule has 2 fully saturated rings. The van der Waals surface area contributed by atoms with Crippen LogP contribution in [0.3, 0.4) is 0 Å². The van der Waals surface area contributed by atoms with E-state index in [0.29, 0.717) is 6.04 Å². The molecule has 1 aromatic heterocycles. The molecule has 3 rings (SSSR count). The third-order valence-corrected chi connectivity index (χ3v) is 5.04. The number of imidazole rings is 1. The van der Waals surface area contributed by atoms with E-state index in [-0.39, 0.29) is 24.4 Å². The van der Waals surface area contributed by atoms with E-state index < -0.39 is 12.7 Å². The third-order valence-electron chi connectivity index (χ3n) is 5.04. The van der Waals surface area contributed by atoms with Crippen LogP contribution in [0.4, 0.5) is 18.0 Å². The summed E-state index contributed by atoms with van der Waals surface area (Å²) in [5, 5.41) is 3.04. The number of rotatable bonds is 4. The van der Waals surface area contributed by atoms with Crippen molar-refractivity contribution in [3.63, 3.8) is 0 Å². The predicted octanol–water partition coefficient (Wildman–Crippen LogP) is 2.21.